The van der Waals surface area contributed by atoms with Gasteiger partial charge >= 0.3 is 0 Å². The molecule has 1 saturated carbocycles. The van der Waals surface area contributed by atoms with Crippen LogP contribution in [0, 0.1) is 5.41 Å². The summed E-state index contributed by atoms with van der Waals surface area (Å²) < 4.78 is 5.76. The highest BCUT2D eigenvalue weighted by atomic mass is 16.5. The van der Waals surface area contributed by atoms with Gasteiger partial charge in [-0.05, 0) is 57.6 Å². The lowest BCUT2D eigenvalue weighted by molar-refractivity contribution is -0.140. The number of ether oxygens (including phenoxy) is 1. The molecule has 0 radical (unpaired) electrons. The Balaban J connectivity index is 1.38. The summed E-state index contributed by atoms with van der Waals surface area (Å²) in [5, 5.41) is 6.12. The molecule has 34 heavy (non-hydrogen) atoms. The number of fused-ring (bicyclic) bond motifs is 1. The van der Waals surface area contributed by atoms with Crippen molar-refractivity contribution in [3.8, 4) is 5.75 Å². The number of carbonyl (C=O) groups is 2. The largest absolute Gasteiger partial charge is 0.492 e. The number of rotatable bonds is 7. The Kier molecular flexibility index (Phi) is 6.12. The van der Waals surface area contributed by atoms with Crippen molar-refractivity contribution in [1.82, 2.24) is 20.2 Å². The molecule has 0 unspecified atom stereocenters. The lowest BCUT2D eigenvalue weighted by Gasteiger charge is -2.40. The Bertz CT molecular complexity index is 1070. The van der Waals surface area contributed by atoms with E-state index in [2.05, 4.69) is 20.5 Å². The molecule has 5 rings (SSSR count). The molecule has 1 saturated heterocycles. The van der Waals surface area contributed by atoms with Crippen LogP contribution in [0.2, 0.25) is 0 Å². The molecule has 3 heterocycles. The van der Waals surface area contributed by atoms with Crippen molar-refractivity contribution >= 4 is 29.3 Å². The molecule has 1 aliphatic carbocycles. The van der Waals surface area contributed by atoms with Gasteiger partial charge in [-0.1, -0.05) is 12.8 Å². The highest BCUT2D eigenvalue weighted by molar-refractivity contribution is 6.14. The van der Waals surface area contributed by atoms with E-state index < -0.39 is 5.41 Å². The smallest absolute Gasteiger partial charge is 0.244 e. The second kappa shape index (κ2) is 9.21. The number of hydrogen-bond acceptors (Lipinski definition) is 7. The zero-order valence-electron chi connectivity index (χ0n) is 19.8. The molecule has 180 valence electrons. The van der Waals surface area contributed by atoms with Crippen LogP contribution < -0.4 is 20.3 Å². The van der Waals surface area contributed by atoms with Gasteiger partial charge in [-0.25, -0.2) is 4.98 Å². The minimum atomic E-state index is -1.02. The predicted octanol–water partition coefficient (Wildman–Crippen LogP) is 2.50. The first kappa shape index (κ1) is 22.6. The monoisotopic (exact) mass is 464 g/mol. The number of carbonyl (C=O) groups excluding carboxylic acids is 2. The van der Waals surface area contributed by atoms with Crippen LogP contribution in [0.3, 0.4) is 0 Å². The Labute approximate surface area is 199 Å². The molecular formula is C25H32N6O3. The van der Waals surface area contributed by atoms with Gasteiger partial charge in [0.15, 0.2) is 0 Å². The third kappa shape index (κ3) is 4.20. The van der Waals surface area contributed by atoms with Crippen molar-refractivity contribution in [1.29, 1.82) is 0 Å². The van der Waals surface area contributed by atoms with E-state index in [1.165, 1.54) is 0 Å². The Hall–Kier alpha value is -3.20. The Morgan fingerprint density at radius 1 is 1.21 bits per heavy atom. The van der Waals surface area contributed by atoms with Crippen molar-refractivity contribution in [2.24, 2.45) is 5.41 Å². The number of nitrogens with zero attached hydrogens (tertiary/aromatic N) is 4. The van der Waals surface area contributed by atoms with Crippen LogP contribution in [0.15, 0.2) is 30.5 Å². The van der Waals surface area contributed by atoms with Crippen molar-refractivity contribution < 1.29 is 14.3 Å². The maximum atomic E-state index is 13.7. The molecule has 2 N–H and O–H groups in total. The van der Waals surface area contributed by atoms with Crippen molar-refractivity contribution in [3.63, 3.8) is 0 Å². The number of anilines is 3. The van der Waals surface area contributed by atoms with E-state index in [1.807, 2.05) is 43.3 Å². The first-order chi connectivity index (χ1) is 16.5. The third-order valence-corrected chi connectivity index (χ3v) is 7.07. The summed E-state index contributed by atoms with van der Waals surface area (Å²) in [5.41, 5.74) is 0.677. The van der Waals surface area contributed by atoms with E-state index in [-0.39, 0.29) is 17.9 Å². The molecule has 0 bridgehead atoms. The molecule has 1 spiro atoms. The molecule has 1 aromatic heterocycles. The third-order valence-electron chi connectivity index (χ3n) is 7.07. The van der Waals surface area contributed by atoms with E-state index in [4.69, 9.17) is 9.72 Å². The summed E-state index contributed by atoms with van der Waals surface area (Å²) in [6.45, 7) is 2.01. The fourth-order valence-corrected chi connectivity index (χ4v) is 5.17. The van der Waals surface area contributed by atoms with Crippen LogP contribution in [-0.4, -0.2) is 66.5 Å². The summed E-state index contributed by atoms with van der Waals surface area (Å²) in [7, 11) is 4.03. The fraction of sp³-hybridized carbons (Fsp3) is 0.520. The average molecular weight is 465 g/mol. The van der Waals surface area contributed by atoms with Gasteiger partial charge in [0.2, 0.25) is 17.8 Å². The molecule has 1 atom stereocenters. The summed E-state index contributed by atoms with van der Waals surface area (Å²) in [6.07, 6.45) is 6.69. The van der Waals surface area contributed by atoms with Gasteiger partial charge in [0.25, 0.3) is 0 Å². The van der Waals surface area contributed by atoms with E-state index in [0.717, 1.165) is 49.2 Å². The SMILES string of the molecule is CN(C)CCOc1ccc(Nc2ncc3c(n2)N(C2CCCC2)C(=O)[C@]2(CCNC2=O)C3)cc1. The lowest BCUT2D eigenvalue weighted by Crippen LogP contribution is -2.56. The van der Waals surface area contributed by atoms with Gasteiger partial charge in [-0.2, -0.15) is 4.98 Å². The quantitative estimate of drug-likeness (QED) is 0.608. The number of nitrogens with one attached hydrogen (secondary N) is 2. The number of hydrogen-bond donors (Lipinski definition) is 2. The van der Waals surface area contributed by atoms with Crippen molar-refractivity contribution in [3.05, 3.63) is 36.0 Å². The van der Waals surface area contributed by atoms with Crippen LogP contribution >= 0.6 is 0 Å². The van der Waals surface area contributed by atoms with Crippen molar-refractivity contribution in [2.45, 2.75) is 44.6 Å². The molecule has 2 aromatic rings. The minimum absolute atomic E-state index is 0.0816. The Morgan fingerprint density at radius 3 is 2.65 bits per heavy atom. The fourth-order valence-electron chi connectivity index (χ4n) is 5.17. The Morgan fingerprint density at radius 2 is 1.97 bits per heavy atom. The first-order valence-electron chi connectivity index (χ1n) is 12.1. The maximum Gasteiger partial charge on any atom is 0.244 e. The molecule has 2 fully saturated rings. The predicted molar refractivity (Wildman–Crippen MR) is 129 cm³/mol. The van der Waals surface area contributed by atoms with Gasteiger partial charge < -0.3 is 20.3 Å². The van der Waals surface area contributed by atoms with E-state index >= 15 is 0 Å². The molecule has 1 aromatic carbocycles. The highest BCUT2D eigenvalue weighted by Gasteiger charge is 2.56. The van der Waals surface area contributed by atoms with Crippen molar-refractivity contribution in [2.75, 3.05) is 44.0 Å². The summed E-state index contributed by atoms with van der Waals surface area (Å²) >= 11 is 0. The van der Waals surface area contributed by atoms with Gasteiger partial charge in [0.1, 0.15) is 23.6 Å². The molecular weight excluding hydrogens is 432 g/mol. The number of aromatic nitrogens is 2. The van der Waals surface area contributed by atoms with Crippen LogP contribution in [0.1, 0.15) is 37.7 Å². The standard InChI is InChI=1S/C25H32N6O3/c1-30(2)13-14-34-20-9-7-18(8-10-20)28-24-27-16-17-15-25(11-12-26-22(25)32)23(33)31(21(17)29-24)19-5-3-4-6-19/h7-10,16,19H,3-6,11-15H2,1-2H3,(H,26,32)(H,27,28,29)/t25-/m1/s1. The molecule has 2 amide bonds. The second-order valence-electron chi connectivity index (χ2n) is 9.72. The first-order valence-corrected chi connectivity index (χ1v) is 12.1. The van der Waals surface area contributed by atoms with E-state index in [0.29, 0.717) is 37.8 Å². The molecule has 9 nitrogen and oxygen atoms in total. The highest BCUT2D eigenvalue weighted by Crippen LogP contribution is 2.44. The molecule has 2 aliphatic heterocycles. The minimum Gasteiger partial charge on any atom is -0.492 e. The topological polar surface area (TPSA) is 99.7 Å². The second-order valence-corrected chi connectivity index (χ2v) is 9.72. The van der Waals surface area contributed by atoms with Crippen LogP contribution in [-0.2, 0) is 16.0 Å². The van der Waals surface area contributed by atoms with Crippen LogP contribution in [0.4, 0.5) is 17.5 Å². The molecule has 3 aliphatic rings. The zero-order valence-corrected chi connectivity index (χ0v) is 19.8. The van der Waals surface area contributed by atoms with Crippen LogP contribution in [0.25, 0.3) is 0 Å². The summed E-state index contributed by atoms with van der Waals surface area (Å²) in [6, 6.07) is 7.75. The van der Waals surface area contributed by atoms with E-state index in [1.54, 1.807) is 6.20 Å². The number of amides is 2. The van der Waals surface area contributed by atoms with Gasteiger partial charge in [-0.15, -0.1) is 0 Å². The number of likely N-dealkylation sites (N-methyl/N-ethyl adjacent to an activating group) is 1. The average Bonchev–Trinajstić information content (AvgIpc) is 3.47. The number of benzene rings is 1. The van der Waals surface area contributed by atoms with Gasteiger partial charge in [0, 0.05) is 43.0 Å². The van der Waals surface area contributed by atoms with Gasteiger partial charge in [0.05, 0.1) is 0 Å². The van der Waals surface area contributed by atoms with E-state index in [9.17, 15) is 9.59 Å². The summed E-state index contributed by atoms with van der Waals surface area (Å²) in [4.78, 5) is 39.6. The zero-order chi connectivity index (χ0) is 23.7. The van der Waals surface area contributed by atoms with Gasteiger partial charge in [-0.3, -0.25) is 14.5 Å². The normalized spacial score (nSPS) is 22.4. The summed E-state index contributed by atoms with van der Waals surface area (Å²) in [5.74, 6) is 1.61. The van der Waals surface area contributed by atoms with Crippen LogP contribution in [0.5, 0.6) is 5.75 Å². The lowest BCUT2D eigenvalue weighted by atomic mass is 9.76. The molecule has 9 heteroatoms. The maximum absolute atomic E-state index is 13.7.